The van der Waals surface area contributed by atoms with E-state index in [1.54, 1.807) is 0 Å². The standard InChI is InChI=1S/C12H15F3N2OS/c1-6(5-12(13,14)15)17-9-4-8(16)11(19-9)10(18)7-2-3-7/h4,6-7,17H,2-3,5,16H2,1H3. The predicted octanol–water partition coefficient (Wildman–Crippen LogP) is 3.68. The maximum atomic E-state index is 12.2. The summed E-state index contributed by atoms with van der Waals surface area (Å²) in [6, 6.07) is 0.787. The van der Waals surface area contributed by atoms with Crippen molar-refractivity contribution in [2.24, 2.45) is 5.92 Å². The number of hydrogen-bond acceptors (Lipinski definition) is 4. The number of hydrogen-bond donors (Lipinski definition) is 2. The second-order valence-corrected chi connectivity index (χ2v) is 5.95. The van der Waals surface area contributed by atoms with Gasteiger partial charge in [-0.3, -0.25) is 4.79 Å². The summed E-state index contributed by atoms with van der Waals surface area (Å²) in [5, 5.41) is 3.25. The number of carbonyl (C=O) groups excluding carboxylic acids is 1. The Kier molecular flexibility index (Phi) is 3.75. The molecular formula is C12H15F3N2OS. The molecule has 3 N–H and O–H groups in total. The van der Waals surface area contributed by atoms with Crippen molar-refractivity contribution in [1.82, 2.24) is 0 Å². The average Bonchev–Trinajstić information content (AvgIpc) is 3.00. The van der Waals surface area contributed by atoms with E-state index in [-0.39, 0.29) is 11.7 Å². The van der Waals surface area contributed by atoms with Gasteiger partial charge in [-0.15, -0.1) is 11.3 Å². The number of halogens is 3. The summed E-state index contributed by atoms with van der Waals surface area (Å²) < 4.78 is 36.7. The van der Waals surface area contributed by atoms with Gasteiger partial charge in [0, 0.05) is 12.0 Å². The van der Waals surface area contributed by atoms with Gasteiger partial charge in [0.05, 0.1) is 22.0 Å². The molecular weight excluding hydrogens is 277 g/mol. The number of alkyl halides is 3. The zero-order chi connectivity index (χ0) is 14.2. The minimum Gasteiger partial charge on any atom is -0.397 e. The Morgan fingerprint density at radius 3 is 2.74 bits per heavy atom. The van der Waals surface area contributed by atoms with Gasteiger partial charge in [-0.05, 0) is 25.8 Å². The van der Waals surface area contributed by atoms with Gasteiger partial charge in [-0.1, -0.05) is 0 Å². The summed E-state index contributed by atoms with van der Waals surface area (Å²) in [6.07, 6.45) is -3.37. The van der Waals surface area contributed by atoms with Crippen molar-refractivity contribution in [1.29, 1.82) is 0 Å². The highest BCUT2D eigenvalue weighted by Gasteiger charge is 2.33. The van der Waals surface area contributed by atoms with Gasteiger partial charge in [0.2, 0.25) is 0 Å². The van der Waals surface area contributed by atoms with Crippen molar-refractivity contribution in [2.75, 3.05) is 11.1 Å². The molecule has 7 heteroatoms. The first-order valence-electron chi connectivity index (χ1n) is 6.03. The average molecular weight is 292 g/mol. The monoisotopic (exact) mass is 292 g/mol. The second-order valence-electron chi connectivity index (χ2n) is 4.90. The molecule has 1 aromatic rings. The first kappa shape index (κ1) is 14.2. The van der Waals surface area contributed by atoms with Gasteiger partial charge in [0.15, 0.2) is 5.78 Å². The summed E-state index contributed by atoms with van der Waals surface area (Å²) in [6.45, 7) is 1.45. The third-order valence-corrected chi connectivity index (χ3v) is 3.96. The highest BCUT2D eigenvalue weighted by molar-refractivity contribution is 7.18. The van der Waals surface area contributed by atoms with E-state index >= 15 is 0 Å². The van der Waals surface area contributed by atoms with E-state index < -0.39 is 18.6 Å². The van der Waals surface area contributed by atoms with Crippen LogP contribution in [0.25, 0.3) is 0 Å². The third-order valence-electron chi connectivity index (χ3n) is 2.86. The first-order chi connectivity index (χ1) is 8.76. The molecule has 106 valence electrons. The minimum absolute atomic E-state index is 0.0130. The number of carbonyl (C=O) groups is 1. The number of nitrogens with two attached hydrogens (primary N) is 1. The van der Waals surface area contributed by atoms with Gasteiger partial charge in [0.25, 0.3) is 0 Å². The molecule has 1 aliphatic carbocycles. The van der Waals surface area contributed by atoms with E-state index in [9.17, 15) is 18.0 Å². The molecule has 0 aromatic carbocycles. The van der Waals surface area contributed by atoms with E-state index in [2.05, 4.69) is 5.32 Å². The molecule has 1 aromatic heterocycles. The largest absolute Gasteiger partial charge is 0.397 e. The zero-order valence-electron chi connectivity index (χ0n) is 10.4. The van der Waals surface area contributed by atoms with E-state index in [1.165, 1.54) is 13.0 Å². The van der Waals surface area contributed by atoms with Gasteiger partial charge in [0.1, 0.15) is 0 Å². The second kappa shape index (κ2) is 5.03. The Morgan fingerprint density at radius 2 is 2.21 bits per heavy atom. The van der Waals surface area contributed by atoms with E-state index in [0.717, 1.165) is 24.2 Å². The Labute approximate surface area is 113 Å². The molecule has 1 aliphatic rings. The number of anilines is 2. The number of rotatable bonds is 5. The molecule has 0 aliphatic heterocycles. The lowest BCUT2D eigenvalue weighted by Gasteiger charge is -2.15. The summed E-state index contributed by atoms with van der Waals surface area (Å²) in [5.41, 5.74) is 6.09. The van der Waals surface area contributed by atoms with Crippen LogP contribution in [-0.2, 0) is 0 Å². The maximum absolute atomic E-state index is 12.2. The van der Waals surface area contributed by atoms with Crippen molar-refractivity contribution < 1.29 is 18.0 Å². The Balaban J connectivity index is 2.01. The van der Waals surface area contributed by atoms with Crippen molar-refractivity contribution in [3.63, 3.8) is 0 Å². The van der Waals surface area contributed by atoms with Gasteiger partial charge in [-0.25, -0.2) is 0 Å². The Hall–Kier alpha value is -1.24. The fraction of sp³-hybridized carbons (Fsp3) is 0.583. The topological polar surface area (TPSA) is 55.1 Å². The van der Waals surface area contributed by atoms with Crippen molar-refractivity contribution in [3.8, 4) is 0 Å². The minimum atomic E-state index is -4.21. The fourth-order valence-corrected chi connectivity index (χ4v) is 2.95. The highest BCUT2D eigenvalue weighted by Crippen LogP contribution is 2.39. The third kappa shape index (κ3) is 3.86. The summed E-state index contributed by atoms with van der Waals surface area (Å²) in [4.78, 5) is 12.3. The van der Waals surface area contributed by atoms with Gasteiger partial charge >= 0.3 is 6.18 Å². The van der Waals surface area contributed by atoms with Crippen LogP contribution in [0.4, 0.5) is 23.9 Å². The molecule has 2 rings (SSSR count). The van der Waals surface area contributed by atoms with Crippen LogP contribution in [0.1, 0.15) is 35.9 Å². The molecule has 1 saturated carbocycles. The zero-order valence-corrected chi connectivity index (χ0v) is 11.2. The summed E-state index contributed by atoms with van der Waals surface area (Å²) in [5.74, 6) is 0.0698. The van der Waals surface area contributed by atoms with Gasteiger partial charge < -0.3 is 11.1 Å². The molecule has 0 radical (unpaired) electrons. The number of nitrogens with one attached hydrogen (secondary N) is 1. The quantitative estimate of drug-likeness (QED) is 0.814. The molecule has 0 spiro atoms. The molecule has 19 heavy (non-hydrogen) atoms. The molecule has 1 unspecified atom stereocenters. The van der Waals surface area contributed by atoms with Crippen LogP contribution in [-0.4, -0.2) is 18.0 Å². The number of thiophene rings is 1. The van der Waals surface area contributed by atoms with Crippen LogP contribution >= 0.6 is 11.3 Å². The molecule has 1 fully saturated rings. The number of Topliss-reactive ketones (excluding diaryl/α,β-unsaturated/α-hetero) is 1. The maximum Gasteiger partial charge on any atom is 0.391 e. The summed E-state index contributed by atoms with van der Waals surface area (Å²) in [7, 11) is 0. The van der Waals surface area contributed by atoms with E-state index in [1.807, 2.05) is 0 Å². The van der Waals surface area contributed by atoms with Crippen LogP contribution in [0.15, 0.2) is 6.07 Å². The van der Waals surface area contributed by atoms with Crippen LogP contribution < -0.4 is 11.1 Å². The molecule has 0 amide bonds. The number of nitrogen functional groups attached to an aromatic ring is 1. The highest BCUT2D eigenvalue weighted by atomic mass is 32.1. The molecule has 0 bridgehead atoms. The molecule has 1 heterocycles. The Bertz CT molecular complexity index is 480. The van der Waals surface area contributed by atoms with Gasteiger partial charge in [-0.2, -0.15) is 13.2 Å². The smallest absolute Gasteiger partial charge is 0.391 e. The van der Waals surface area contributed by atoms with Crippen LogP contribution in [0.3, 0.4) is 0 Å². The lowest BCUT2D eigenvalue weighted by molar-refractivity contribution is -0.136. The Morgan fingerprint density at radius 1 is 1.58 bits per heavy atom. The first-order valence-corrected chi connectivity index (χ1v) is 6.84. The lowest BCUT2D eigenvalue weighted by Crippen LogP contribution is -2.23. The van der Waals surface area contributed by atoms with Crippen LogP contribution in [0.2, 0.25) is 0 Å². The normalized spacial score (nSPS) is 17.3. The summed E-state index contributed by atoms with van der Waals surface area (Å²) >= 11 is 1.14. The molecule has 0 saturated heterocycles. The van der Waals surface area contributed by atoms with E-state index in [0.29, 0.717) is 15.6 Å². The van der Waals surface area contributed by atoms with Crippen LogP contribution in [0.5, 0.6) is 0 Å². The van der Waals surface area contributed by atoms with E-state index in [4.69, 9.17) is 5.73 Å². The number of ketones is 1. The fourth-order valence-electron chi connectivity index (χ4n) is 1.84. The molecule has 1 atom stereocenters. The predicted molar refractivity (Wildman–Crippen MR) is 69.5 cm³/mol. The van der Waals surface area contributed by atoms with Crippen molar-refractivity contribution in [3.05, 3.63) is 10.9 Å². The lowest BCUT2D eigenvalue weighted by atomic mass is 10.2. The van der Waals surface area contributed by atoms with Crippen LogP contribution in [0, 0.1) is 5.92 Å². The SMILES string of the molecule is CC(CC(F)(F)F)Nc1cc(N)c(C(=O)C2CC2)s1. The molecule has 3 nitrogen and oxygen atoms in total. The van der Waals surface area contributed by atoms with Crippen molar-refractivity contribution >= 4 is 27.8 Å². The van der Waals surface area contributed by atoms with Crippen molar-refractivity contribution in [2.45, 2.75) is 38.4 Å².